The number of amides is 7. The number of nitrogens with zero attached hydrogens (tertiary/aromatic N) is 3. The molecule has 2 saturated heterocycles. The number of fused-ring (bicyclic) bond motifs is 1. The number of likely N-dealkylation sites (N-methyl/N-ethyl adjacent to an activating group) is 1. The van der Waals surface area contributed by atoms with Crippen LogP contribution < -0.4 is 21.3 Å². The Morgan fingerprint density at radius 1 is 0.760 bits per heavy atom. The fraction of sp³-hybridized carbons (Fsp3) is 0.673. The van der Waals surface area contributed by atoms with E-state index in [4.69, 9.17) is 18.9 Å². The summed E-state index contributed by atoms with van der Waals surface area (Å²) in [5.74, 6) is 8.35. The van der Waals surface area contributed by atoms with Crippen molar-refractivity contribution in [1.29, 1.82) is 0 Å². The van der Waals surface area contributed by atoms with Gasteiger partial charge < -0.3 is 59.9 Å². The summed E-state index contributed by atoms with van der Waals surface area (Å²) in [6.45, 7) is 21.4. The fourth-order valence-electron chi connectivity index (χ4n) is 8.84. The SMILES string of the molecule is C[C@@H](C(=O)N[C@H](C(=O)N1C[C@@H](OCC#CC#CCO[C@H]2C[C@@H](C=O)N(C(=O)[C@@H](NC(=O)[C@H](CO)NC(=O)OC(C)(C)C)C(C)(C)C)C2)C[C@H]1C(=O)N[C@@H]1CCCc2ccccc21)C(C)(C)C)N(C)C(=O)OC(C)(C)C. The van der Waals surface area contributed by atoms with E-state index in [1.807, 2.05) is 39.0 Å². The third kappa shape index (κ3) is 18.0. The lowest BCUT2D eigenvalue weighted by Crippen LogP contribution is -2.60. The Morgan fingerprint density at radius 3 is 1.84 bits per heavy atom. The Balaban J connectivity index is 1.41. The quantitative estimate of drug-likeness (QED) is 0.118. The first kappa shape index (κ1) is 61.3. The Hall–Kier alpha value is -6.22. The first-order valence-electron chi connectivity index (χ1n) is 25.6. The number of hydrogen-bond donors (Lipinski definition) is 5. The number of nitrogens with one attached hydrogen (secondary N) is 4. The third-order valence-electron chi connectivity index (χ3n) is 12.9. The number of aliphatic hydroxyl groups excluding tert-OH is 1. The van der Waals surface area contributed by atoms with E-state index in [0.29, 0.717) is 6.29 Å². The number of aldehydes is 1. The maximum Gasteiger partial charge on any atom is 0.410 e. The van der Waals surface area contributed by atoms with Crippen molar-refractivity contribution >= 4 is 48.0 Å². The number of carbonyl (C=O) groups excluding carboxylic acids is 8. The highest BCUT2D eigenvalue weighted by Gasteiger charge is 2.47. The molecule has 0 unspecified atom stereocenters. The number of aliphatic hydroxyl groups is 1. The van der Waals surface area contributed by atoms with Crippen LogP contribution in [0.4, 0.5) is 9.59 Å². The second-order valence-corrected chi connectivity index (χ2v) is 23.6. The number of likely N-dealkylation sites (tertiary alicyclic amines) is 2. The number of ether oxygens (including phenoxy) is 4. The van der Waals surface area contributed by atoms with Crippen molar-refractivity contribution in [1.82, 2.24) is 36.0 Å². The first-order valence-corrected chi connectivity index (χ1v) is 25.6. The number of hydrogen-bond acceptors (Lipinski definition) is 13. The molecule has 414 valence electrons. The summed E-state index contributed by atoms with van der Waals surface area (Å²) in [7, 11) is 1.45. The molecule has 2 aliphatic heterocycles. The summed E-state index contributed by atoms with van der Waals surface area (Å²) in [6, 6.07) is 1.31. The van der Waals surface area contributed by atoms with Crippen molar-refractivity contribution in [2.24, 2.45) is 10.8 Å². The zero-order chi connectivity index (χ0) is 56.2. The predicted octanol–water partition coefficient (Wildman–Crippen LogP) is 3.56. The highest BCUT2D eigenvalue weighted by molar-refractivity contribution is 5.95. The Morgan fingerprint density at radius 2 is 1.29 bits per heavy atom. The molecule has 1 aromatic carbocycles. The molecule has 75 heavy (non-hydrogen) atoms. The standard InChI is InChI=1S/C55H81N7O13/c1-34(60(14)51(71)75-55(11,12)13)45(65)58-44(53(5,6)7)49(69)62-31-38(29-42(62)47(67)56-40-25-21-23-35-22-17-18-24-39(35)40)73-27-20-16-15-19-26-72-37-28-36(32-63)61(30-37)48(68)43(52(2,3)4)59-46(66)41(33-64)57-50(70)74-54(8,9)10/h17-18,22,24,32,34,36-38,40-44,64H,21,23,25-31,33H2,1-14H3,(H,56,67)(H,57,70)(H,58,65)(H,59,66)/t34-,36-,37-,38-,40+,41-,42-,43+,44+/m0/s1. The van der Waals surface area contributed by atoms with E-state index in [2.05, 4.69) is 51.0 Å². The van der Waals surface area contributed by atoms with Crippen LogP contribution in [0.25, 0.3) is 0 Å². The lowest BCUT2D eigenvalue weighted by Gasteiger charge is -2.37. The molecular weight excluding hydrogens is 967 g/mol. The lowest BCUT2D eigenvalue weighted by molar-refractivity contribution is -0.144. The highest BCUT2D eigenvalue weighted by Crippen LogP contribution is 2.32. The van der Waals surface area contributed by atoms with Gasteiger partial charge in [0.05, 0.1) is 30.9 Å². The van der Waals surface area contributed by atoms with Crippen LogP contribution in [0.3, 0.4) is 0 Å². The van der Waals surface area contributed by atoms with E-state index in [1.54, 1.807) is 69.2 Å². The van der Waals surface area contributed by atoms with Crippen LogP contribution >= 0.6 is 0 Å². The van der Waals surface area contributed by atoms with E-state index in [0.717, 1.165) is 30.4 Å². The van der Waals surface area contributed by atoms with Gasteiger partial charge in [-0.15, -0.1) is 0 Å². The smallest absolute Gasteiger partial charge is 0.410 e. The van der Waals surface area contributed by atoms with Crippen LogP contribution in [0.1, 0.15) is 133 Å². The van der Waals surface area contributed by atoms with Crippen molar-refractivity contribution < 1.29 is 62.4 Å². The molecule has 4 rings (SSSR count). The summed E-state index contributed by atoms with van der Waals surface area (Å²) in [6.07, 6.45) is 0.725. The third-order valence-corrected chi connectivity index (χ3v) is 12.9. The molecule has 7 amide bonds. The molecule has 2 fully saturated rings. The van der Waals surface area contributed by atoms with Gasteiger partial charge in [0, 0.05) is 33.0 Å². The summed E-state index contributed by atoms with van der Waals surface area (Å²) < 4.78 is 22.7. The van der Waals surface area contributed by atoms with Crippen LogP contribution in [0.15, 0.2) is 24.3 Å². The topological polar surface area (TPSA) is 252 Å². The van der Waals surface area contributed by atoms with Gasteiger partial charge in [-0.2, -0.15) is 0 Å². The molecule has 20 heteroatoms. The Bertz CT molecular complexity index is 2360. The van der Waals surface area contributed by atoms with Crippen LogP contribution in [-0.2, 0) is 54.1 Å². The molecule has 1 aliphatic carbocycles. The van der Waals surface area contributed by atoms with Crippen LogP contribution in [0.5, 0.6) is 0 Å². The van der Waals surface area contributed by atoms with Gasteiger partial charge >= 0.3 is 12.2 Å². The van der Waals surface area contributed by atoms with Crippen molar-refractivity contribution in [3.63, 3.8) is 0 Å². The minimum absolute atomic E-state index is 0.0345. The number of rotatable bonds is 16. The summed E-state index contributed by atoms with van der Waals surface area (Å²) in [4.78, 5) is 111. The van der Waals surface area contributed by atoms with Crippen molar-refractivity contribution in [2.45, 2.75) is 188 Å². The first-order chi connectivity index (χ1) is 34.8. The second-order valence-electron chi connectivity index (χ2n) is 23.6. The normalized spacial score (nSPS) is 21.2. The van der Waals surface area contributed by atoms with Crippen LogP contribution in [0, 0.1) is 34.5 Å². The average Bonchev–Trinajstić information content (AvgIpc) is 3.94. The van der Waals surface area contributed by atoms with Gasteiger partial charge in [0.2, 0.25) is 29.5 Å². The molecule has 0 spiro atoms. The monoisotopic (exact) mass is 1050 g/mol. The van der Waals surface area contributed by atoms with Gasteiger partial charge in [-0.05, 0) is 102 Å². The largest absolute Gasteiger partial charge is 0.444 e. The van der Waals surface area contributed by atoms with Crippen LogP contribution in [-0.4, -0.2) is 167 Å². The van der Waals surface area contributed by atoms with Gasteiger partial charge in [0.15, 0.2) is 0 Å². The summed E-state index contributed by atoms with van der Waals surface area (Å²) in [5, 5.41) is 20.9. The number of benzene rings is 1. The maximum atomic E-state index is 14.7. The van der Waals surface area contributed by atoms with Crippen LogP contribution in [0.2, 0.25) is 0 Å². The Labute approximate surface area is 442 Å². The molecule has 20 nitrogen and oxygen atoms in total. The van der Waals surface area contributed by atoms with Crippen molar-refractivity contribution in [2.75, 3.05) is 40.0 Å². The number of alkyl carbamates (subject to hydrolysis) is 1. The highest BCUT2D eigenvalue weighted by atomic mass is 16.6. The molecular formula is C55H81N7O13. The lowest BCUT2D eigenvalue weighted by atomic mass is 9.85. The molecule has 2 heterocycles. The van der Waals surface area contributed by atoms with Crippen molar-refractivity contribution in [3.8, 4) is 23.7 Å². The van der Waals surface area contributed by atoms with Gasteiger partial charge in [-0.1, -0.05) is 77.6 Å². The minimum atomic E-state index is -1.41. The number of carbonyl (C=O) groups is 8. The predicted molar refractivity (Wildman–Crippen MR) is 278 cm³/mol. The van der Waals surface area contributed by atoms with Gasteiger partial charge in [-0.25, -0.2) is 9.59 Å². The van der Waals surface area contributed by atoms with Gasteiger partial charge in [0.25, 0.3) is 0 Å². The van der Waals surface area contributed by atoms with E-state index < -0.39 is 113 Å². The van der Waals surface area contributed by atoms with E-state index in [-0.39, 0.29) is 51.1 Å². The average molecular weight is 1050 g/mol. The van der Waals surface area contributed by atoms with Crippen molar-refractivity contribution in [3.05, 3.63) is 35.4 Å². The molecule has 3 aliphatic rings. The summed E-state index contributed by atoms with van der Waals surface area (Å²) in [5.41, 5.74) is -1.11. The molecule has 0 saturated carbocycles. The molecule has 0 radical (unpaired) electrons. The van der Waals surface area contributed by atoms with Gasteiger partial charge in [-0.3, -0.25) is 28.9 Å². The Kier molecular flexibility index (Phi) is 21.3. The minimum Gasteiger partial charge on any atom is -0.444 e. The van der Waals surface area contributed by atoms with E-state index in [9.17, 15) is 43.5 Å². The zero-order valence-corrected chi connectivity index (χ0v) is 46.3. The van der Waals surface area contributed by atoms with E-state index >= 15 is 0 Å². The second kappa shape index (κ2) is 26.0. The van der Waals surface area contributed by atoms with E-state index in [1.165, 1.54) is 21.7 Å². The number of aryl methyl sites for hydroxylation is 1. The maximum absolute atomic E-state index is 14.7. The van der Waals surface area contributed by atoms with Gasteiger partial charge in [0.1, 0.15) is 60.9 Å². The zero-order valence-electron chi connectivity index (χ0n) is 46.3. The molecule has 0 aromatic heterocycles. The summed E-state index contributed by atoms with van der Waals surface area (Å²) >= 11 is 0. The molecule has 1 aromatic rings. The molecule has 0 bridgehead atoms. The molecule has 5 N–H and O–H groups in total. The molecule has 9 atom stereocenters. The fourth-order valence-corrected chi connectivity index (χ4v) is 8.84.